The number of hydrogen-bond donors (Lipinski definition) is 1. The Bertz CT molecular complexity index is 809. The number of thiazole rings is 1. The predicted molar refractivity (Wildman–Crippen MR) is 95.9 cm³/mol. The van der Waals surface area contributed by atoms with Gasteiger partial charge in [-0.05, 0) is 0 Å². The van der Waals surface area contributed by atoms with E-state index >= 15 is 0 Å². The van der Waals surface area contributed by atoms with Crippen molar-refractivity contribution in [3.8, 4) is 0 Å². The van der Waals surface area contributed by atoms with Gasteiger partial charge in [-0.1, -0.05) is 11.6 Å². The third-order valence-electron chi connectivity index (χ3n) is 3.57. The van der Waals surface area contributed by atoms with E-state index in [1.165, 1.54) is 24.6 Å². The number of ether oxygens (including phenoxy) is 2. The van der Waals surface area contributed by atoms with Crippen molar-refractivity contribution in [2.75, 3.05) is 43.6 Å². The van der Waals surface area contributed by atoms with Gasteiger partial charge in [-0.25, -0.2) is 15.0 Å². The van der Waals surface area contributed by atoms with Gasteiger partial charge in [0.1, 0.15) is 0 Å². The molecule has 26 heavy (non-hydrogen) atoms. The van der Waals surface area contributed by atoms with E-state index in [1.54, 1.807) is 5.38 Å². The molecule has 1 N–H and O–H groups in total. The smallest absolute Gasteiger partial charge is 0.311 e. The van der Waals surface area contributed by atoms with Crippen LogP contribution in [-0.4, -0.2) is 60.2 Å². The Morgan fingerprint density at radius 1 is 1.38 bits per heavy atom. The van der Waals surface area contributed by atoms with Crippen molar-refractivity contribution in [3.05, 3.63) is 28.0 Å². The number of carbonyl (C=O) groups is 2. The van der Waals surface area contributed by atoms with Crippen LogP contribution in [0.3, 0.4) is 0 Å². The second-order valence-corrected chi connectivity index (χ2v) is 6.58. The number of nitrogens with one attached hydrogen (secondary N) is 1. The van der Waals surface area contributed by atoms with Gasteiger partial charge in [-0.2, -0.15) is 0 Å². The van der Waals surface area contributed by atoms with Crippen LogP contribution in [0.15, 0.2) is 11.6 Å². The molecule has 1 aliphatic heterocycles. The lowest BCUT2D eigenvalue weighted by Gasteiger charge is -2.26. The number of anilines is 2. The highest BCUT2D eigenvalue weighted by Crippen LogP contribution is 2.21. The first-order valence-corrected chi connectivity index (χ1v) is 9.00. The minimum atomic E-state index is -0.495. The van der Waals surface area contributed by atoms with E-state index in [2.05, 4.69) is 25.0 Å². The van der Waals surface area contributed by atoms with Crippen LogP contribution in [0.5, 0.6) is 0 Å². The van der Waals surface area contributed by atoms with E-state index in [1.807, 2.05) is 4.90 Å². The third-order valence-corrected chi connectivity index (χ3v) is 4.65. The van der Waals surface area contributed by atoms with Crippen LogP contribution in [0, 0.1) is 0 Å². The fraction of sp³-hybridized carbons (Fsp3) is 0.400. The first-order chi connectivity index (χ1) is 12.6. The zero-order chi connectivity index (χ0) is 18.5. The first-order valence-electron chi connectivity index (χ1n) is 7.74. The topological polar surface area (TPSA) is 107 Å². The number of nitrogens with zero attached hydrogens (tertiary/aromatic N) is 4. The Labute approximate surface area is 158 Å². The van der Waals surface area contributed by atoms with Crippen LogP contribution >= 0.6 is 22.9 Å². The Morgan fingerprint density at radius 2 is 2.15 bits per heavy atom. The maximum Gasteiger partial charge on any atom is 0.311 e. The standard InChI is InChI=1S/C15H16ClN5O4S/c1-24-11(22)6-9-8-26-15(18-9)20-13(23)12-10(16)7-17-14(19-12)21-2-4-25-5-3-21/h7-8H,2-6H2,1H3,(H,18,20,23). The molecule has 0 aliphatic carbocycles. The molecule has 0 bridgehead atoms. The summed E-state index contributed by atoms with van der Waals surface area (Å²) in [6.45, 7) is 2.45. The molecule has 1 amide bonds. The molecule has 1 fully saturated rings. The van der Waals surface area contributed by atoms with E-state index in [4.69, 9.17) is 16.3 Å². The highest BCUT2D eigenvalue weighted by atomic mass is 35.5. The van der Waals surface area contributed by atoms with E-state index in [-0.39, 0.29) is 17.1 Å². The maximum absolute atomic E-state index is 12.5. The number of halogens is 1. The summed E-state index contributed by atoms with van der Waals surface area (Å²) < 4.78 is 9.89. The molecule has 11 heteroatoms. The molecular formula is C15H16ClN5O4S. The lowest BCUT2D eigenvalue weighted by atomic mass is 10.3. The van der Waals surface area contributed by atoms with E-state index in [0.717, 1.165) is 0 Å². The monoisotopic (exact) mass is 397 g/mol. The molecule has 0 unspecified atom stereocenters. The summed E-state index contributed by atoms with van der Waals surface area (Å²) in [7, 11) is 1.31. The summed E-state index contributed by atoms with van der Waals surface area (Å²) in [5, 5.41) is 4.80. The maximum atomic E-state index is 12.5. The average molecular weight is 398 g/mol. The summed E-state index contributed by atoms with van der Waals surface area (Å²) in [6, 6.07) is 0. The summed E-state index contributed by atoms with van der Waals surface area (Å²) in [5.74, 6) is -0.471. The van der Waals surface area contributed by atoms with Gasteiger partial charge < -0.3 is 14.4 Å². The second kappa shape index (κ2) is 8.39. The Balaban J connectivity index is 1.72. The van der Waals surface area contributed by atoms with Gasteiger partial charge in [0.05, 0.1) is 43.7 Å². The molecule has 0 atom stereocenters. The number of carbonyl (C=O) groups excluding carboxylic acids is 2. The summed E-state index contributed by atoms with van der Waals surface area (Å²) in [6.07, 6.45) is 1.44. The molecule has 1 aliphatic rings. The highest BCUT2D eigenvalue weighted by molar-refractivity contribution is 7.14. The van der Waals surface area contributed by atoms with Gasteiger partial charge in [0, 0.05) is 18.5 Å². The number of rotatable bonds is 5. The van der Waals surface area contributed by atoms with Gasteiger partial charge in [0.25, 0.3) is 5.91 Å². The minimum Gasteiger partial charge on any atom is -0.469 e. The quantitative estimate of drug-likeness (QED) is 0.754. The lowest BCUT2D eigenvalue weighted by Crippen LogP contribution is -2.37. The molecule has 1 saturated heterocycles. The van der Waals surface area contributed by atoms with Crippen molar-refractivity contribution in [1.82, 2.24) is 15.0 Å². The molecule has 9 nitrogen and oxygen atoms in total. The third kappa shape index (κ3) is 4.45. The Hall–Kier alpha value is -2.30. The predicted octanol–water partition coefficient (Wildman–Crippen LogP) is 1.39. The normalized spacial score (nSPS) is 14.2. The number of aromatic nitrogens is 3. The lowest BCUT2D eigenvalue weighted by molar-refractivity contribution is -0.139. The number of esters is 1. The van der Waals surface area contributed by atoms with Crippen molar-refractivity contribution in [1.29, 1.82) is 0 Å². The molecule has 0 aromatic carbocycles. The minimum absolute atomic E-state index is 0.0400. The number of morpholine rings is 1. The number of methoxy groups -OCH3 is 1. The van der Waals surface area contributed by atoms with Crippen molar-refractivity contribution < 1.29 is 19.1 Å². The van der Waals surface area contributed by atoms with Crippen molar-refractivity contribution in [2.45, 2.75) is 6.42 Å². The van der Waals surface area contributed by atoms with Crippen molar-refractivity contribution in [2.24, 2.45) is 0 Å². The highest BCUT2D eigenvalue weighted by Gasteiger charge is 2.20. The van der Waals surface area contributed by atoms with Crippen molar-refractivity contribution in [3.63, 3.8) is 0 Å². The van der Waals surface area contributed by atoms with Crippen LogP contribution < -0.4 is 10.2 Å². The molecular weight excluding hydrogens is 382 g/mol. The molecule has 2 aromatic rings. The second-order valence-electron chi connectivity index (χ2n) is 5.32. The number of hydrogen-bond acceptors (Lipinski definition) is 9. The van der Waals surface area contributed by atoms with Crippen LogP contribution in [0.4, 0.5) is 11.1 Å². The van der Waals surface area contributed by atoms with Crippen LogP contribution in [0.25, 0.3) is 0 Å². The van der Waals surface area contributed by atoms with Gasteiger partial charge in [-0.3, -0.25) is 14.9 Å². The number of amides is 1. The molecule has 138 valence electrons. The van der Waals surface area contributed by atoms with Gasteiger partial charge in [0.15, 0.2) is 10.8 Å². The molecule has 3 rings (SSSR count). The van der Waals surface area contributed by atoms with Crippen molar-refractivity contribution >= 4 is 45.9 Å². The van der Waals surface area contributed by atoms with Crippen LogP contribution in [0.1, 0.15) is 16.2 Å². The average Bonchev–Trinajstić information content (AvgIpc) is 3.09. The van der Waals surface area contributed by atoms with E-state index < -0.39 is 11.9 Å². The molecule has 0 spiro atoms. The van der Waals surface area contributed by atoms with Gasteiger partial charge >= 0.3 is 5.97 Å². The zero-order valence-electron chi connectivity index (χ0n) is 13.9. The first kappa shape index (κ1) is 18.5. The zero-order valence-corrected chi connectivity index (χ0v) is 15.5. The fourth-order valence-electron chi connectivity index (χ4n) is 2.25. The van der Waals surface area contributed by atoms with E-state index in [0.29, 0.717) is 43.1 Å². The molecule has 0 saturated carbocycles. The summed E-state index contributed by atoms with van der Waals surface area (Å²) >= 11 is 7.28. The Kier molecular flexibility index (Phi) is 5.96. The summed E-state index contributed by atoms with van der Waals surface area (Å²) in [4.78, 5) is 38.3. The van der Waals surface area contributed by atoms with E-state index in [9.17, 15) is 9.59 Å². The van der Waals surface area contributed by atoms with Crippen LogP contribution in [0.2, 0.25) is 5.02 Å². The van der Waals surface area contributed by atoms with Crippen LogP contribution in [-0.2, 0) is 20.7 Å². The Morgan fingerprint density at radius 3 is 2.88 bits per heavy atom. The molecule has 2 aromatic heterocycles. The molecule has 3 heterocycles. The van der Waals surface area contributed by atoms with Gasteiger partial charge in [0.2, 0.25) is 5.95 Å². The van der Waals surface area contributed by atoms with Gasteiger partial charge in [-0.15, -0.1) is 11.3 Å². The molecule has 0 radical (unpaired) electrons. The fourth-order valence-corrected chi connectivity index (χ4v) is 3.14. The SMILES string of the molecule is COC(=O)Cc1csc(NC(=O)c2nc(N3CCOCC3)ncc2Cl)n1. The largest absolute Gasteiger partial charge is 0.469 e. The summed E-state index contributed by atoms with van der Waals surface area (Å²) in [5.41, 5.74) is 0.577.